The van der Waals surface area contributed by atoms with Crippen LogP contribution >= 0.6 is 0 Å². The zero-order valence-corrected chi connectivity index (χ0v) is 19.6. The number of ether oxygens (including phenoxy) is 1. The Labute approximate surface area is 212 Å². The fraction of sp³-hybridized carbons (Fsp3) is 0.185. The Balaban J connectivity index is 1.32. The van der Waals surface area contributed by atoms with E-state index in [1.807, 2.05) is 0 Å². The molecule has 5 aromatic rings. The first-order valence-electron chi connectivity index (χ1n) is 11.6. The quantitative estimate of drug-likeness (QED) is 0.261. The van der Waals surface area contributed by atoms with E-state index in [0.29, 0.717) is 27.6 Å². The number of nitrogens with zero attached hydrogens (tertiary/aromatic N) is 4. The van der Waals surface area contributed by atoms with Crippen molar-refractivity contribution in [1.29, 1.82) is 0 Å². The summed E-state index contributed by atoms with van der Waals surface area (Å²) in [7, 11) is 0. The van der Waals surface area contributed by atoms with E-state index in [2.05, 4.69) is 19.7 Å². The molecule has 1 aliphatic rings. The SMILES string of the molecule is O=C1CC(c2ccc(OC(F)F)c3oc4cnccc4c23)CN1Cc1c(F)cc(-c2ccncn2)cc1F. The minimum Gasteiger partial charge on any atom is -0.451 e. The molecular formula is C27H18F4N4O3. The molecule has 1 saturated heterocycles. The number of furan rings is 1. The van der Waals surface area contributed by atoms with Crippen LogP contribution in [-0.4, -0.2) is 38.9 Å². The van der Waals surface area contributed by atoms with Crippen molar-refractivity contribution in [2.24, 2.45) is 0 Å². The van der Waals surface area contributed by atoms with E-state index < -0.39 is 18.2 Å². The largest absolute Gasteiger partial charge is 0.451 e. The second-order valence-electron chi connectivity index (χ2n) is 8.90. The van der Waals surface area contributed by atoms with Gasteiger partial charge in [0.05, 0.1) is 18.4 Å². The highest BCUT2D eigenvalue weighted by atomic mass is 19.3. The van der Waals surface area contributed by atoms with E-state index in [-0.39, 0.29) is 53.8 Å². The number of rotatable bonds is 6. The lowest BCUT2D eigenvalue weighted by Gasteiger charge is -2.19. The summed E-state index contributed by atoms with van der Waals surface area (Å²) in [6.45, 7) is -3.14. The summed E-state index contributed by atoms with van der Waals surface area (Å²) in [5, 5.41) is 1.17. The molecule has 4 heterocycles. The van der Waals surface area contributed by atoms with Gasteiger partial charge in [0.2, 0.25) is 5.91 Å². The Morgan fingerprint density at radius 2 is 1.87 bits per heavy atom. The van der Waals surface area contributed by atoms with Crippen molar-refractivity contribution >= 4 is 27.8 Å². The molecule has 0 N–H and O–H groups in total. The van der Waals surface area contributed by atoms with Crippen LogP contribution in [0.2, 0.25) is 0 Å². The monoisotopic (exact) mass is 522 g/mol. The lowest BCUT2D eigenvalue weighted by molar-refractivity contribution is -0.128. The molecule has 1 aliphatic heterocycles. The van der Waals surface area contributed by atoms with Gasteiger partial charge in [-0.3, -0.25) is 9.78 Å². The minimum atomic E-state index is -3.05. The van der Waals surface area contributed by atoms with Gasteiger partial charge in [-0.05, 0) is 35.9 Å². The molecule has 0 spiro atoms. The highest BCUT2D eigenvalue weighted by Crippen LogP contribution is 2.42. The fourth-order valence-electron chi connectivity index (χ4n) is 4.95. The number of carbonyl (C=O) groups is 1. The average Bonchev–Trinajstić information content (AvgIpc) is 3.47. The first-order chi connectivity index (χ1) is 18.4. The van der Waals surface area contributed by atoms with E-state index >= 15 is 0 Å². The van der Waals surface area contributed by atoms with Gasteiger partial charge in [-0.1, -0.05) is 6.07 Å². The van der Waals surface area contributed by atoms with Gasteiger partial charge < -0.3 is 14.1 Å². The molecule has 192 valence electrons. The summed E-state index contributed by atoms with van der Waals surface area (Å²) in [6, 6.07) is 8.57. The summed E-state index contributed by atoms with van der Waals surface area (Å²) >= 11 is 0. The predicted molar refractivity (Wildman–Crippen MR) is 128 cm³/mol. The Bertz CT molecular complexity index is 1650. The topological polar surface area (TPSA) is 81.4 Å². The van der Waals surface area contributed by atoms with Gasteiger partial charge in [-0.25, -0.2) is 18.7 Å². The number of fused-ring (bicyclic) bond motifs is 3. The van der Waals surface area contributed by atoms with Gasteiger partial charge in [0.25, 0.3) is 0 Å². The van der Waals surface area contributed by atoms with Gasteiger partial charge in [0, 0.05) is 53.2 Å². The molecule has 2 aromatic carbocycles. The van der Waals surface area contributed by atoms with Crippen LogP contribution in [0.15, 0.2) is 65.7 Å². The number of amides is 1. The molecule has 38 heavy (non-hydrogen) atoms. The maximum atomic E-state index is 15.0. The molecule has 3 aromatic heterocycles. The first-order valence-corrected chi connectivity index (χ1v) is 11.6. The third-order valence-corrected chi connectivity index (χ3v) is 6.66. The number of hydrogen-bond acceptors (Lipinski definition) is 6. The Kier molecular flexibility index (Phi) is 5.90. The number of pyridine rings is 1. The number of benzene rings is 2. The Morgan fingerprint density at radius 1 is 1.08 bits per heavy atom. The summed E-state index contributed by atoms with van der Waals surface area (Å²) in [6.07, 6.45) is 5.84. The lowest BCUT2D eigenvalue weighted by atomic mass is 9.93. The number of carbonyl (C=O) groups excluding carboxylic acids is 1. The molecule has 1 atom stereocenters. The van der Waals surface area contributed by atoms with Crippen molar-refractivity contribution in [3.63, 3.8) is 0 Å². The van der Waals surface area contributed by atoms with Crippen molar-refractivity contribution in [2.75, 3.05) is 6.54 Å². The highest BCUT2D eigenvalue weighted by Gasteiger charge is 2.34. The van der Waals surface area contributed by atoms with Crippen molar-refractivity contribution in [3.05, 3.63) is 84.1 Å². The third kappa shape index (κ3) is 4.19. The standard InChI is InChI=1S/C27H18F4N4O3/c28-19-7-14(21-4-6-33-13-34-21)8-20(29)18(19)12-35-11-15(9-24(35)36)16-1-2-22(38-27(30)31)26-25(16)17-3-5-32-10-23(17)37-26/h1-8,10,13,15,27H,9,11-12H2. The van der Waals surface area contributed by atoms with E-state index in [4.69, 9.17) is 4.42 Å². The van der Waals surface area contributed by atoms with Crippen LogP contribution in [0.3, 0.4) is 0 Å². The Morgan fingerprint density at radius 3 is 2.61 bits per heavy atom. The number of likely N-dealkylation sites (tertiary alicyclic amines) is 1. The average molecular weight is 522 g/mol. The Hall–Kier alpha value is -4.54. The van der Waals surface area contributed by atoms with Crippen LogP contribution < -0.4 is 4.74 Å². The van der Waals surface area contributed by atoms with Crippen LogP contribution in [0.1, 0.15) is 23.5 Å². The summed E-state index contributed by atoms with van der Waals surface area (Å²) in [4.78, 5) is 26.1. The zero-order valence-electron chi connectivity index (χ0n) is 19.6. The molecule has 1 unspecified atom stereocenters. The third-order valence-electron chi connectivity index (χ3n) is 6.66. The van der Waals surface area contributed by atoms with Crippen LogP contribution in [0.25, 0.3) is 33.2 Å². The molecule has 0 bridgehead atoms. The molecule has 7 nitrogen and oxygen atoms in total. The van der Waals surface area contributed by atoms with Crippen LogP contribution in [0.4, 0.5) is 17.6 Å². The van der Waals surface area contributed by atoms with Crippen molar-refractivity contribution < 1.29 is 31.5 Å². The van der Waals surface area contributed by atoms with Crippen LogP contribution in [-0.2, 0) is 11.3 Å². The van der Waals surface area contributed by atoms with Crippen LogP contribution in [0, 0.1) is 11.6 Å². The predicted octanol–water partition coefficient (Wildman–Crippen LogP) is 5.83. The number of aromatic nitrogens is 3. The van der Waals surface area contributed by atoms with Crippen molar-refractivity contribution in [2.45, 2.75) is 25.5 Å². The minimum absolute atomic E-state index is 0.0736. The maximum Gasteiger partial charge on any atom is 0.387 e. The molecule has 1 fully saturated rings. The fourth-order valence-corrected chi connectivity index (χ4v) is 4.95. The van der Waals surface area contributed by atoms with Gasteiger partial charge in [-0.2, -0.15) is 8.78 Å². The summed E-state index contributed by atoms with van der Waals surface area (Å²) in [5.41, 5.74) is 1.57. The molecule has 0 saturated carbocycles. The second kappa shape index (κ2) is 9.40. The van der Waals surface area contributed by atoms with Gasteiger partial charge >= 0.3 is 6.61 Å². The second-order valence-corrected chi connectivity index (χ2v) is 8.90. The number of alkyl halides is 2. The van der Waals surface area contributed by atoms with E-state index in [9.17, 15) is 22.4 Å². The molecule has 1 amide bonds. The molecule has 11 heteroatoms. The van der Waals surface area contributed by atoms with Crippen molar-refractivity contribution in [3.8, 4) is 17.0 Å². The van der Waals surface area contributed by atoms with Gasteiger partial charge in [0.1, 0.15) is 18.0 Å². The van der Waals surface area contributed by atoms with Crippen molar-refractivity contribution in [1.82, 2.24) is 19.9 Å². The van der Waals surface area contributed by atoms with Crippen LogP contribution in [0.5, 0.6) is 5.75 Å². The van der Waals surface area contributed by atoms with Gasteiger partial charge in [0.15, 0.2) is 16.9 Å². The van der Waals surface area contributed by atoms with E-state index in [1.165, 1.54) is 47.9 Å². The molecule has 0 radical (unpaired) electrons. The van der Waals surface area contributed by atoms with Gasteiger partial charge in [-0.15, -0.1) is 0 Å². The molecule has 0 aliphatic carbocycles. The normalized spacial score (nSPS) is 15.8. The number of halogens is 4. The smallest absolute Gasteiger partial charge is 0.387 e. The lowest BCUT2D eigenvalue weighted by Crippen LogP contribution is -2.25. The maximum absolute atomic E-state index is 15.0. The van der Waals surface area contributed by atoms with E-state index in [1.54, 1.807) is 18.3 Å². The summed E-state index contributed by atoms with van der Waals surface area (Å²) < 4.78 is 66.4. The highest BCUT2D eigenvalue weighted by molar-refractivity contribution is 6.08. The van der Waals surface area contributed by atoms with E-state index in [0.717, 1.165) is 0 Å². The number of hydrogen-bond donors (Lipinski definition) is 0. The summed E-state index contributed by atoms with van der Waals surface area (Å²) in [5.74, 6) is -2.38. The zero-order chi connectivity index (χ0) is 26.4. The molecule has 6 rings (SSSR count). The first kappa shape index (κ1) is 23.8. The molecular weight excluding hydrogens is 504 g/mol.